The van der Waals surface area contributed by atoms with Crippen molar-refractivity contribution in [3.05, 3.63) is 47.8 Å². The van der Waals surface area contributed by atoms with Gasteiger partial charge in [0, 0.05) is 18.4 Å². The first kappa shape index (κ1) is 18.9. The van der Waals surface area contributed by atoms with E-state index in [-0.39, 0.29) is 18.1 Å². The van der Waals surface area contributed by atoms with Crippen molar-refractivity contribution in [2.24, 2.45) is 0 Å². The number of nitrogens with one attached hydrogen (secondary N) is 2. The summed E-state index contributed by atoms with van der Waals surface area (Å²) in [5.41, 5.74) is 1.54. The minimum atomic E-state index is -0.528. The Kier molecular flexibility index (Phi) is 5.46. The SMILES string of the molecule is CC(C)(C)OC(=O)N1CCOC(c2ccc(NC(=O)c3cn[nH]c3)cc2)C1. The maximum atomic E-state index is 12.3. The van der Waals surface area contributed by atoms with Crippen LogP contribution in [0.4, 0.5) is 10.5 Å². The van der Waals surface area contributed by atoms with Gasteiger partial charge in [-0.2, -0.15) is 5.10 Å². The van der Waals surface area contributed by atoms with Gasteiger partial charge in [0.05, 0.1) is 24.9 Å². The monoisotopic (exact) mass is 372 g/mol. The quantitative estimate of drug-likeness (QED) is 0.863. The molecule has 0 aliphatic carbocycles. The van der Waals surface area contributed by atoms with E-state index in [9.17, 15) is 9.59 Å². The topological polar surface area (TPSA) is 96.6 Å². The average Bonchev–Trinajstić information content (AvgIpc) is 3.16. The summed E-state index contributed by atoms with van der Waals surface area (Å²) in [7, 11) is 0. The van der Waals surface area contributed by atoms with E-state index in [1.165, 1.54) is 12.4 Å². The van der Waals surface area contributed by atoms with Gasteiger partial charge in [-0.3, -0.25) is 9.89 Å². The smallest absolute Gasteiger partial charge is 0.410 e. The highest BCUT2D eigenvalue weighted by Crippen LogP contribution is 2.25. The maximum Gasteiger partial charge on any atom is 0.410 e. The zero-order valence-electron chi connectivity index (χ0n) is 15.7. The van der Waals surface area contributed by atoms with Crippen molar-refractivity contribution in [3.8, 4) is 0 Å². The van der Waals surface area contributed by atoms with Crippen molar-refractivity contribution >= 4 is 17.7 Å². The first-order valence-corrected chi connectivity index (χ1v) is 8.81. The summed E-state index contributed by atoms with van der Waals surface area (Å²) < 4.78 is 11.2. The molecule has 2 heterocycles. The third-order valence-corrected chi connectivity index (χ3v) is 4.02. The fourth-order valence-electron chi connectivity index (χ4n) is 2.70. The summed E-state index contributed by atoms with van der Waals surface area (Å²) in [5, 5.41) is 9.17. The molecule has 2 amide bonds. The van der Waals surface area contributed by atoms with Crippen molar-refractivity contribution < 1.29 is 19.1 Å². The van der Waals surface area contributed by atoms with Crippen molar-refractivity contribution in [3.63, 3.8) is 0 Å². The second kappa shape index (κ2) is 7.79. The van der Waals surface area contributed by atoms with Crippen LogP contribution >= 0.6 is 0 Å². The third kappa shape index (κ3) is 5.07. The van der Waals surface area contributed by atoms with Gasteiger partial charge < -0.3 is 19.7 Å². The number of hydrogen-bond acceptors (Lipinski definition) is 5. The van der Waals surface area contributed by atoms with Crippen LogP contribution in [0, 0.1) is 0 Å². The predicted molar refractivity (Wildman–Crippen MR) is 99.5 cm³/mol. The fourth-order valence-corrected chi connectivity index (χ4v) is 2.70. The normalized spacial score (nSPS) is 17.4. The number of morpholine rings is 1. The van der Waals surface area contributed by atoms with Crippen molar-refractivity contribution in [2.75, 3.05) is 25.0 Å². The molecule has 1 atom stereocenters. The molecule has 3 rings (SSSR count). The van der Waals surface area contributed by atoms with E-state index in [4.69, 9.17) is 9.47 Å². The summed E-state index contributed by atoms with van der Waals surface area (Å²) >= 11 is 0. The van der Waals surface area contributed by atoms with E-state index in [1.54, 1.807) is 4.90 Å². The predicted octanol–water partition coefficient (Wildman–Crippen LogP) is 2.97. The molecule has 1 aliphatic heterocycles. The Morgan fingerprint density at radius 3 is 2.67 bits per heavy atom. The molecule has 0 spiro atoms. The van der Waals surface area contributed by atoms with Crippen LogP contribution in [0.5, 0.6) is 0 Å². The van der Waals surface area contributed by atoms with Gasteiger partial charge >= 0.3 is 6.09 Å². The van der Waals surface area contributed by atoms with Gasteiger partial charge in [-0.25, -0.2) is 4.79 Å². The molecule has 1 fully saturated rings. The summed E-state index contributed by atoms with van der Waals surface area (Å²) in [6.45, 7) is 6.92. The molecule has 1 saturated heterocycles. The van der Waals surface area contributed by atoms with E-state index in [1.807, 2.05) is 45.0 Å². The van der Waals surface area contributed by atoms with Crippen LogP contribution < -0.4 is 5.32 Å². The van der Waals surface area contributed by atoms with Crippen LogP contribution in [0.3, 0.4) is 0 Å². The zero-order chi connectivity index (χ0) is 19.4. The number of carbonyl (C=O) groups is 2. The Morgan fingerprint density at radius 2 is 2.04 bits per heavy atom. The second-order valence-corrected chi connectivity index (χ2v) is 7.35. The minimum absolute atomic E-state index is 0.232. The van der Waals surface area contributed by atoms with E-state index >= 15 is 0 Å². The van der Waals surface area contributed by atoms with Gasteiger partial charge in [0.15, 0.2) is 0 Å². The molecule has 144 valence electrons. The first-order valence-electron chi connectivity index (χ1n) is 8.81. The molecule has 0 bridgehead atoms. The molecule has 1 aromatic carbocycles. The van der Waals surface area contributed by atoms with Crippen molar-refractivity contribution in [2.45, 2.75) is 32.5 Å². The number of carbonyl (C=O) groups excluding carboxylic acids is 2. The van der Waals surface area contributed by atoms with Crippen LogP contribution in [0.1, 0.15) is 42.8 Å². The Labute approximate surface area is 157 Å². The highest BCUT2D eigenvalue weighted by atomic mass is 16.6. The fraction of sp³-hybridized carbons (Fsp3) is 0.421. The number of hydrogen-bond donors (Lipinski definition) is 2. The molecule has 8 nitrogen and oxygen atoms in total. The number of nitrogens with zero attached hydrogens (tertiary/aromatic N) is 2. The number of ether oxygens (including phenoxy) is 2. The third-order valence-electron chi connectivity index (χ3n) is 4.02. The lowest BCUT2D eigenvalue weighted by atomic mass is 10.1. The molecule has 0 saturated carbocycles. The molecule has 27 heavy (non-hydrogen) atoms. The molecule has 1 unspecified atom stereocenters. The molecule has 2 N–H and O–H groups in total. The van der Waals surface area contributed by atoms with Crippen LogP contribution in [0.15, 0.2) is 36.7 Å². The van der Waals surface area contributed by atoms with Crippen LogP contribution in [-0.2, 0) is 9.47 Å². The Balaban J connectivity index is 1.61. The van der Waals surface area contributed by atoms with Gasteiger partial charge in [-0.05, 0) is 38.5 Å². The lowest BCUT2D eigenvalue weighted by Crippen LogP contribution is -2.44. The van der Waals surface area contributed by atoms with Crippen LogP contribution in [0.2, 0.25) is 0 Å². The largest absolute Gasteiger partial charge is 0.444 e. The van der Waals surface area contributed by atoms with E-state index < -0.39 is 5.60 Å². The van der Waals surface area contributed by atoms with Gasteiger partial charge in [0.1, 0.15) is 11.7 Å². The van der Waals surface area contributed by atoms with Crippen LogP contribution in [0.25, 0.3) is 0 Å². The van der Waals surface area contributed by atoms with Gasteiger partial charge in [0.2, 0.25) is 0 Å². The van der Waals surface area contributed by atoms with E-state index in [0.717, 1.165) is 5.56 Å². The second-order valence-electron chi connectivity index (χ2n) is 7.35. The van der Waals surface area contributed by atoms with Gasteiger partial charge in [0.25, 0.3) is 5.91 Å². The minimum Gasteiger partial charge on any atom is -0.444 e. The summed E-state index contributed by atoms with van der Waals surface area (Å²) in [5.74, 6) is -0.235. The number of H-pyrrole nitrogens is 1. The number of aromatic amines is 1. The molecule has 1 aromatic heterocycles. The molecule has 8 heteroatoms. The number of anilines is 1. The highest BCUT2D eigenvalue weighted by molar-refractivity contribution is 6.03. The number of aromatic nitrogens is 2. The average molecular weight is 372 g/mol. The van der Waals surface area contributed by atoms with E-state index in [2.05, 4.69) is 15.5 Å². The lowest BCUT2D eigenvalue weighted by Gasteiger charge is -2.34. The Bertz CT molecular complexity index is 781. The molecular weight excluding hydrogens is 348 g/mol. The maximum absolute atomic E-state index is 12.3. The summed E-state index contributed by atoms with van der Waals surface area (Å²) in [6, 6.07) is 7.38. The number of rotatable bonds is 3. The van der Waals surface area contributed by atoms with E-state index in [0.29, 0.717) is 30.9 Å². The molecular formula is C19H24N4O4. The Morgan fingerprint density at radius 1 is 1.30 bits per heavy atom. The standard InChI is InChI=1S/C19H24N4O4/c1-19(2,3)27-18(25)23-8-9-26-16(12-23)13-4-6-15(7-5-13)22-17(24)14-10-20-21-11-14/h4-7,10-11,16H,8-9,12H2,1-3H3,(H,20,21)(H,22,24). The van der Waals surface area contributed by atoms with Crippen molar-refractivity contribution in [1.82, 2.24) is 15.1 Å². The molecule has 0 radical (unpaired) electrons. The summed E-state index contributed by atoms with van der Waals surface area (Å²) in [6.07, 6.45) is 2.43. The zero-order valence-corrected chi connectivity index (χ0v) is 15.7. The van der Waals surface area contributed by atoms with Crippen molar-refractivity contribution in [1.29, 1.82) is 0 Å². The van der Waals surface area contributed by atoms with Gasteiger partial charge in [-0.15, -0.1) is 0 Å². The number of benzene rings is 1. The number of amides is 2. The Hall–Kier alpha value is -2.87. The lowest BCUT2D eigenvalue weighted by molar-refractivity contribution is -0.0432. The highest BCUT2D eigenvalue weighted by Gasteiger charge is 2.28. The molecule has 1 aliphatic rings. The summed E-state index contributed by atoms with van der Waals surface area (Å²) in [4.78, 5) is 26.0. The van der Waals surface area contributed by atoms with Crippen LogP contribution in [-0.4, -0.2) is 52.4 Å². The first-order chi connectivity index (χ1) is 12.8. The van der Waals surface area contributed by atoms with Gasteiger partial charge in [-0.1, -0.05) is 12.1 Å². The molecule has 2 aromatic rings.